The van der Waals surface area contributed by atoms with Gasteiger partial charge in [-0.15, -0.1) is 11.8 Å². The van der Waals surface area contributed by atoms with Gasteiger partial charge in [-0.25, -0.2) is 9.97 Å². The molecule has 1 N–H and O–H groups in total. The van der Waals surface area contributed by atoms with Gasteiger partial charge in [0.15, 0.2) is 5.13 Å². The summed E-state index contributed by atoms with van der Waals surface area (Å²) in [5.41, 5.74) is 1.21. The van der Waals surface area contributed by atoms with Crippen LogP contribution in [0.5, 0.6) is 0 Å². The molecule has 4 rings (SSSR count). The highest BCUT2D eigenvalue weighted by atomic mass is 32.2. The van der Waals surface area contributed by atoms with E-state index in [9.17, 15) is 4.79 Å². The highest BCUT2D eigenvalue weighted by Crippen LogP contribution is 2.31. The molecule has 1 aromatic carbocycles. The molecule has 3 aromatic heterocycles. The molecular formula is C22H24N4O2S2. The zero-order valence-corrected chi connectivity index (χ0v) is 18.8. The van der Waals surface area contributed by atoms with Crippen LogP contribution in [-0.4, -0.2) is 20.4 Å². The third kappa shape index (κ3) is 5.31. The summed E-state index contributed by atoms with van der Waals surface area (Å²) in [6.45, 7) is 6.78. The quantitative estimate of drug-likeness (QED) is 0.378. The van der Waals surface area contributed by atoms with E-state index in [4.69, 9.17) is 4.42 Å². The number of thiazole rings is 1. The third-order valence-corrected chi connectivity index (χ3v) is 6.46. The molecule has 3 heterocycles. The van der Waals surface area contributed by atoms with Gasteiger partial charge in [0.1, 0.15) is 12.3 Å². The average molecular weight is 441 g/mol. The second kappa shape index (κ2) is 8.65. The molecule has 0 spiro atoms. The molecule has 6 nitrogen and oxygen atoms in total. The molecule has 8 heteroatoms. The van der Waals surface area contributed by atoms with Crippen LogP contribution in [0.3, 0.4) is 0 Å². The fraction of sp³-hybridized carbons (Fsp3) is 0.318. The van der Waals surface area contributed by atoms with Crippen LogP contribution in [0, 0.1) is 5.41 Å². The number of para-hydroxylation sites is 1. The number of oxazole rings is 1. The largest absolute Gasteiger partial charge is 0.445 e. The molecule has 0 unspecified atom stereocenters. The average Bonchev–Trinajstić information content (AvgIpc) is 3.40. The van der Waals surface area contributed by atoms with Crippen LogP contribution in [0.25, 0.3) is 10.9 Å². The molecule has 0 saturated carbocycles. The molecule has 0 atom stereocenters. The van der Waals surface area contributed by atoms with Crippen LogP contribution < -0.4 is 5.32 Å². The van der Waals surface area contributed by atoms with E-state index in [0.717, 1.165) is 27.3 Å². The first-order valence-corrected chi connectivity index (χ1v) is 11.5. The van der Waals surface area contributed by atoms with E-state index >= 15 is 0 Å². The minimum atomic E-state index is -0.0956. The maximum Gasteiger partial charge on any atom is 0.246 e. The Morgan fingerprint density at radius 1 is 1.20 bits per heavy atom. The predicted octanol–water partition coefficient (Wildman–Crippen LogP) is 5.61. The van der Waals surface area contributed by atoms with Gasteiger partial charge in [0.25, 0.3) is 0 Å². The molecule has 1 amide bonds. The lowest BCUT2D eigenvalue weighted by Crippen LogP contribution is -2.17. The summed E-state index contributed by atoms with van der Waals surface area (Å²) in [6, 6.07) is 10.0. The Morgan fingerprint density at radius 3 is 2.87 bits per heavy atom. The third-order valence-electron chi connectivity index (χ3n) is 4.37. The Kier molecular flexibility index (Phi) is 5.97. The predicted molar refractivity (Wildman–Crippen MR) is 122 cm³/mol. The molecule has 0 bridgehead atoms. The molecule has 30 heavy (non-hydrogen) atoms. The first kappa shape index (κ1) is 20.7. The number of hydrogen-bond donors (Lipinski definition) is 1. The SMILES string of the molecule is CC(C)(C)Cc1cnc(CSc2cnc(NC(=O)Cn3ccc4ccccc43)s2)o1. The summed E-state index contributed by atoms with van der Waals surface area (Å²) in [7, 11) is 0. The summed E-state index contributed by atoms with van der Waals surface area (Å²) in [5.74, 6) is 2.15. The molecule has 0 aliphatic heterocycles. The topological polar surface area (TPSA) is 73.0 Å². The summed E-state index contributed by atoms with van der Waals surface area (Å²) < 4.78 is 8.77. The van der Waals surface area contributed by atoms with Crippen molar-refractivity contribution in [3.8, 4) is 0 Å². The molecule has 0 saturated heterocycles. The molecule has 0 aliphatic rings. The Bertz CT molecular complexity index is 1150. The van der Waals surface area contributed by atoms with Crippen LogP contribution in [0.2, 0.25) is 0 Å². The highest BCUT2D eigenvalue weighted by Gasteiger charge is 2.15. The second-order valence-electron chi connectivity index (χ2n) is 8.28. The van der Waals surface area contributed by atoms with Gasteiger partial charge in [-0.3, -0.25) is 4.79 Å². The van der Waals surface area contributed by atoms with Crippen molar-refractivity contribution in [2.24, 2.45) is 5.41 Å². The number of aromatic nitrogens is 3. The maximum atomic E-state index is 12.4. The zero-order chi connectivity index (χ0) is 21.1. The Labute approximate surface area is 183 Å². The number of nitrogens with zero attached hydrogens (tertiary/aromatic N) is 3. The van der Waals surface area contributed by atoms with E-state index < -0.39 is 0 Å². The molecule has 0 fully saturated rings. The van der Waals surface area contributed by atoms with Crippen LogP contribution in [0.15, 0.2) is 57.5 Å². The van der Waals surface area contributed by atoms with Gasteiger partial charge in [0, 0.05) is 18.1 Å². The Balaban J connectivity index is 1.30. The number of nitrogens with one attached hydrogen (secondary N) is 1. The molecule has 0 radical (unpaired) electrons. The second-order valence-corrected chi connectivity index (χ2v) is 10.6. The first-order valence-electron chi connectivity index (χ1n) is 9.72. The first-order chi connectivity index (χ1) is 14.4. The van der Waals surface area contributed by atoms with Crippen molar-refractivity contribution in [2.45, 2.75) is 43.7 Å². The highest BCUT2D eigenvalue weighted by molar-refractivity contribution is 8.00. The number of fused-ring (bicyclic) bond motifs is 1. The molecule has 0 aliphatic carbocycles. The van der Waals surface area contributed by atoms with E-state index in [0.29, 0.717) is 16.8 Å². The number of carbonyl (C=O) groups excluding carboxylic acids is 1. The van der Waals surface area contributed by atoms with Gasteiger partial charge >= 0.3 is 0 Å². The minimum absolute atomic E-state index is 0.0956. The van der Waals surface area contributed by atoms with Crippen molar-refractivity contribution < 1.29 is 9.21 Å². The van der Waals surface area contributed by atoms with Crippen LogP contribution in [0.4, 0.5) is 5.13 Å². The van der Waals surface area contributed by atoms with E-state index in [1.165, 1.54) is 11.3 Å². The Morgan fingerprint density at radius 2 is 2.03 bits per heavy atom. The molecule has 4 aromatic rings. The number of amides is 1. The normalized spacial score (nSPS) is 11.8. The molecule has 156 valence electrons. The number of carbonyl (C=O) groups is 1. The van der Waals surface area contributed by atoms with Crippen LogP contribution in [0.1, 0.15) is 32.4 Å². The standard InChI is InChI=1S/C22H24N4O2S2/c1-22(2,3)10-16-11-23-19(28-16)14-29-20-12-24-21(30-20)25-18(27)13-26-9-8-15-6-4-5-7-17(15)26/h4-9,11-12H,10,13-14H2,1-3H3,(H,24,25,27). The van der Waals surface area contributed by atoms with Crippen molar-refractivity contribution in [1.82, 2.24) is 14.5 Å². The Hall–Kier alpha value is -2.58. The number of anilines is 1. The molecular weight excluding hydrogens is 416 g/mol. The van der Waals surface area contributed by atoms with Gasteiger partial charge in [-0.2, -0.15) is 0 Å². The van der Waals surface area contributed by atoms with Crippen molar-refractivity contribution in [3.05, 3.63) is 60.6 Å². The van der Waals surface area contributed by atoms with Gasteiger partial charge < -0.3 is 14.3 Å². The number of rotatable bonds is 7. The fourth-order valence-electron chi connectivity index (χ4n) is 3.13. The number of hydrogen-bond acceptors (Lipinski definition) is 6. The number of thioether (sulfide) groups is 1. The van der Waals surface area contributed by atoms with Crippen molar-refractivity contribution in [2.75, 3.05) is 5.32 Å². The van der Waals surface area contributed by atoms with Crippen molar-refractivity contribution in [3.63, 3.8) is 0 Å². The lowest BCUT2D eigenvalue weighted by atomic mass is 9.91. The van der Waals surface area contributed by atoms with E-state index in [-0.39, 0.29) is 17.9 Å². The van der Waals surface area contributed by atoms with Crippen molar-refractivity contribution in [1.29, 1.82) is 0 Å². The summed E-state index contributed by atoms with van der Waals surface area (Å²) in [5, 5.41) is 4.61. The smallest absolute Gasteiger partial charge is 0.246 e. The van der Waals surface area contributed by atoms with Gasteiger partial charge in [-0.1, -0.05) is 50.3 Å². The van der Waals surface area contributed by atoms with Gasteiger partial charge in [0.2, 0.25) is 11.8 Å². The van der Waals surface area contributed by atoms with Gasteiger partial charge in [0.05, 0.1) is 22.4 Å². The van der Waals surface area contributed by atoms with Crippen LogP contribution >= 0.6 is 23.1 Å². The monoisotopic (exact) mass is 440 g/mol. The fourth-order valence-corrected chi connectivity index (χ4v) is 4.87. The van der Waals surface area contributed by atoms with Crippen molar-refractivity contribution >= 4 is 45.0 Å². The van der Waals surface area contributed by atoms with E-state index in [1.54, 1.807) is 18.0 Å². The van der Waals surface area contributed by atoms with Gasteiger partial charge in [-0.05, 0) is 22.9 Å². The lowest BCUT2D eigenvalue weighted by molar-refractivity contribution is -0.116. The lowest BCUT2D eigenvalue weighted by Gasteiger charge is -2.15. The minimum Gasteiger partial charge on any atom is -0.445 e. The number of benzene rings is 1. The summed E-state index contributed by atoms with van der Waals surface area (Å²) in [4.78, 5) is 21.1. The van der Waals surface area contributed by atoms with Crippen LogP contribution in [-0.2, 0) is 23.5 Å². The summed E-state index contributed by atoms with van der Waals surface area (Å²) >= 11 is 3.06. The summed E-state index contributed by atoms with van der Waals surface area (Å²) in [6.07, 6.45) is 6.37. The maximum absolute atomic E-state index is 12.4. The zero-order valence-electron chi connectivity index (χ0n) is 17.2. The van der Waals surface area contributed by atoms with E-state index in [2.05, 4.69) is 36.1 Å². The van der Waals surface area contributed by atoms with E-state index in [1.807, 2.05) is 47.3 Å².